The number of allylic oxidation sites excluding steroid dienone is 3. The molecule has 2 N–H and O–H groups in total. The van der Waals surface area contributed by atoms with Gasteiger partial charge in [0.1, 0.15) is 0 Å². The van der Waals surface area contributed by atoms with Crippen molar-refractivity contribution in [3.8, 4) is 0 Å². The summed E-state index contributed by atoms with van der Waals surface area (Å²) >= 11 is 3.28. The molecule has 0 saturated heterocycles. The van der Waals surface area contributed by atoms with Gasteiger partial charge in [0.2, 0.25) is 0 Å². The van der Waals surface area contributed by atoms with E-state index in [9.17, 15) is 4.79 Å². The zero-order chi connectivity index (χ0) is 9.14. The Balaban J connectivity index is 2.76. The minimum absolute atomic E-state index is 0.255. The Kier molecular flexibility index (Phi) is 2.92. The zero-order valence-corrected chi connectivity index (χ0v) is 8.30. The van der Waals surface area contributed by atoms with Crippen LogP contribution in [0.2, 0.25) is 0 Å². The molecular weight excluding hydrogens is 222 g/mol. The number of hydrogen-bond donors (Lipinski definition) is 1. The largest absolute Gasteiger partial charge is 0.469 e. The molecule has 1 atom stereocenters. The van der Waals surface area contributed by atoms with E-state index in [2.05, 4.69) is 20.7 Å². The quantitative estimate of drug-likeness (QED) is 0.693. The summed E-state index contributed by atoms with van der Waals surface area (Å²) in [6.07, 6.45) is 4.09. The molecule has 66 valence electrons. The molecule has 0 aromatic carbocycles. The fourth-order valence-corrected chi connectivity index (χ4v) is 1.52. The van der Waals surface area contributed by atoms with E-state index in [1.54, 1.807) is 12.2 Å². The average molecular weight is 232 g/mol. The van der Waals surface area contributed by atoms with Crippen LogP contribution in [0.3, 0.4) is 0 Å². The lowest BCUT2D eigenvalue weighted by atomic mass is 9.99. The number of ether oxygens (including phenoxy) is 1. The number of carbonyl (C=O) groups is 1. The van der Waals surface area contributed by atoms with E-state index in [0.29, 0.717) is 12.1 Å². The van der Waals surface area contributed by atoms with E-state index in [-0.39, 0.29) is 11.9 Å². The first-order chi connectivity index (χ1) is 5.65. The SMILES string of the molecule is COC(=O)C1CC(N)=CC=C1Br. The fourth-order valence-electron chi connectivity index (χ4n) is 1.04. The number of hydrogen-bond acceptors (Lipinski definition) is 3. The maximum Gasteiger partial charge on any atom is 0.314 e. The van der Waals surface area contributed by atoms with Gasteiger partial charge in [0.25, 0.3) is 0 Å². The van der Waals surface area contributed by atoms with E-state index in [0.717, 1.165) is 4.48 Å². The van der Waals surface area contributed by atoms with Gasteiger partial charge in [-0.05, 0) is 12.2 Å². The van der Waals surface area contributed by atoms with Crippen molar-refractivity contribution < 1.29 is 9.53 Å². The molecule has 0 spiro atoms. The number of nitrogens with two attached hydrogens (primary N) is 1. The third-order valence-corrected chi connectivity index (χ3v) is 2.53. The topological polar surface area (TPSA) is 52.3 Å². The first kappa shape index (κ1) is 9.32. The second kappa shape index (κ2) is 3.76. The smallest absolute Gasteiger partial charge is 0.314 e. The molecule has 4 heteroatoms. The molecule has 12 heavy (non-hydrogen) atoms. The highest BCUT2D eigenvalue weighted by Gasteiger charge is 2.24. The molecule has 3 nitrogen and oxygen atoms in total. The predicted molar refractivity (Wildman–Crippen MR) is 49.4 cm³/mol. The van der Waals surface area contributed by atoms with Crippen LogP contribution in [0.15, 0.2) is 22.3 Å². The fraction of sp³-hybridized carbons (Fsp3) is 0.375. The first-order valence-corrected chi connectivity index (χ1v) is 4.34. The number of rotatable bonds is 1. The molecule has 0 heterocycles. The van der Waals surface area contributed by atoms with Crippen LogP contribution in [0.4, 0.5) is 0 Å². The maximum atomic E-state index is 11.1. The second-order valence-electron chi connectivity index (χ2n) is 2.57. The van der Waals surface area contributed by atoms with Crippen LogP contribution in [0, 0.1) is 5.92 Å². The molecule has 0 saturated carbocycles. The third-order valence-electron chi connectivity index (χ3n) is 1.72. The number of halogens is 1. The summed E-state index contributed by atoms with van der Waals surface area (Å²) in [5, 5.41) is 0. The van der Waals surface area contributed by atoms with Crippen molar-refractivity contribution in [2.75, 3.05) is 7.11 Å². The predicted octanol–water partition coefficient (Wildman–Crippen LogP) is 1.30. The van der Waals surface area contributed by atoms with Crippen molar-refractivity contribution in [2.45, 2.75) is 6.42 Å². The molecule has 0 amide bonds. The van der Waals surface area contributed by atoms with Gasteiger partial charge in [-0.2, -0.15) is 0 Å². The lowest BCUT2D eigenvalue weighted by molar-refractivity contribution is -0.143. The summed E-state index contributed by atoms with van der Waals surface area (Å²) in [7, 11) is 1.37. The Hall–Kier alpha value is -0.770. The molecule has 0 radical (unpaired) electrons. The molecule has 0 aromatic rings. The monoisotopic (exact) mass is 231 g/mol. The van der Waals surface area contributed by atoms with Gasteiger partial charge < -0.3 is 10.5 Å². The Labute approximate surface area is 79.4 Å². The molecule has 1 unspecified atom stereocenters. The lowest BCUT2D eigenvalue weighted by Crippen LogP contribution is -2.20. The Morgan fingerprint density at radius 3 is 3.00 bits per heavy atom. The minimum Gasteiger partial charge on any atom is -0.469 e. The summed E-state index contributed by atoms with van der Waals surface area (Å²) in [5.41, 5.74) is 6.27. The molecule has 0 fully saturated rings. The van der Waals surface area contributed by atoms with Crippen molar-refractivity contribution >= 4 is 21.9 Å². The van der Waals surface area contributed by atoms with Crippen molar-refractivity contribution in [2.24, 2.45) is 11.7 Å². The van der Waals surface area contributed by atoms with E-state index in [1.807, 2.05) is 0 Å². The number of esters is 1. The summed E-state index contributed by atoms with van der Waals surface area (Å²) in [6.45, 7) is 0. The van der Waals surface area contributed by atoms with Crippen molar-refractivity contribution in [1.29, 1.82) is 0 Å². The van der Waals surface area contributed by atoms with Gasteiger partial charge in [-0.25, -0.2) is 0 Å². The average Bonchev–Trinajstić information content (AvgIpc) is 2.08. The highest BCUT2D eigenvalue weighted by Crippen LogP contribution is 2.28. The Morgan fingerprint density at radius 2 is 2.42 bits per heavy atom. The van der Waals surface area contributed by atoms with Crippen LogP contribution in [-0.2, 0) is 9.53 Å². The summed E-state index contributed by atoms with van der Waals surface area (Å²) in [4.78, 5) is 11.1. The van der Waals surface area contributed by atoms with Crippen molar-refractivity contribution in [3.05, 3.63) is 22.3 Å². The molecule has 0 aromatic heterocycles. The van der Waals surface area contributed by atoms with Gasteiger partial charge in [-0.3, -0.25) is 4.79 Å². The van der Waals surface area contributed by atoms with Gasteiger partial charge in [-0.1, -0.05) is 15.9 Å². The van der Waals surface area contributed by atoms with Gasteiger partial charge in [0.05, 0.1) is 13.0 Å². The summed E-state index contributed by atoms with van der Waals surface area (Å²) in [6, 6.07) is 0. The molecule has 1 rings (SSSR count). The van der Waals surface area contributed by atoms with E-state index < -0.39 is 0 Å². The standard InChI is InChI=1S/C8H10BrNO2/c1-12-8(11)6-4-5(10)2-3-7(6)9/h2-3,6H,4,10H2,1H3. The molecule has 0 aliphatic heterocycles. The van der Waals surface area contributed by atoms with Crippen molar-refractivity contribution in [3.63, 3.8) is 0 Å². The van der Waals surface area contributed by atoms with E-state index in [4.69, 9.17) is 5.73 Å². The highest BCUT2D eigenvalue weighted by molar-refractivity contribution is 9.11. The first-order valence-electron chi connectivity index (χ1n) is 3.54. The normalized spacial score (nSPS) is 22.7. The maximum absolute atomic E-state index is 11.1. The third kappa shape index (κ3) is 1.88. The van der Waals surface area contributed by atoms with Crippen LogP contribution in [-0.4, -0.2) is 13.1 Å². The van der Waals surface area contributed by atoms with Gasteiger partial charge in [0, 0.05) is 16.6 Å². The molecule has 0 bridgehead atoms. The van der Waals surface area contributed by atoms with Crippen LogP contribution >= 0.6 is 15.9 Å². The van der Waals surface area contributed by atoms with E-state index >= 15 is 0 Å². The van der Waals surface area contributed by atoms with Crippen molar-refractivity contribution in [1.82, 2.24) is 0 Å². The van der Waals surface area contributed by atoms with E-state index in [1.165, 1.54) is 7.11 Å². The number of carbonyl (C=O) groups excluding carboxylic acids is 1. The van der Waals surface area contributed by atoms with Crippen LogP contribution in [0.25, 0.3) is 0 Å². The number of methoxy groups -OCH3 is 1. The van der Waals surface area contributed by atoms with Gasteiger partial charge in [0.15, 0.2) is 0 Å². The molecule has 1 aliphatic carbocycles. The minimum atomic E-state index is -0.264. The van der Waals surface area contributed by atoms with Crippen LogP contribution in [0.1, 0.15) is 6.42 Å². The summed E-state index contributed by atoms with van der Waals surface area (Å²) < 4.78 is 5.44. The second-order valence-corrected chi connectivity index (χ2v) is 3.49. The van der Waals surface area contributed by atoms with Gasteiger partial charge in [-0.15, -0.1) is 0 Å². The van der Waals surface area contributed by atoms with Crippen LogP contribution in [0.5, 0.6) is 0 Å². The van der Waals surface area contributed by atoms with Gasteiger partial charge >= 0.3 is 5.97 Å². The van der Waals surface area contributed by atoms with Crippen LogP contribution < -0.4 is 5.73 Å². The molecule has 1 aliphatic rings. The molecular formula is C8H10BrNO2. The Bertz CT molecular complexity index is 258. The zero-order valence-electron chi connectivity index (χ0n) is 6.71. The Morgan fingerprint density at radius 1 is 1.75 bits per heavy atom. The highest BCUT2D eigenvalue weighted by atomic mass is 79.9. The summed E-state index contributed by atoms with van der Waals surface area (Å²) in [5.74, 6) is -0.519. The lowest BCUT2D eigenvalue weighted by Gasteiger charge is -2.17.